The van der Waals surface area contributed by atoms with E-state index in [-0.39, 0.29) is 34.8 Å². The van der Waals surface area contributed by atoms with Crippen molar-refractivity contribution in [2.45, 2.75) is 65.2 Å². The lowest BCUT2D eigenvalue weighted by Gasteiger charge is -2.28. The predicted molar refractivity (Wildman–Crippen MR) is 115 cm³/mol. The molecule has 0 radical (unpaired) electrons. The van der Waals surface area contributed by atoms with Crippen LogP contribution in [0.15, 0.2) is 33.8 Å². The van der Waals surface area contributed by atoms with Gasteiger partial charge in [0.05, 0.1) is 12.3 Å². The summed E-state index contributed by atoms with van der Waals surface area (Å²) in [5.74, 6) is -0.208. The molecular formula is C22H29N3O5. The van der Waals surface area contributed by atoms with Gasteiger partial charge in [-0.25, -0.2) is 5.43 Å². The molecule has 30 heavy (non-hydrogen) atoms. The fourth-order valence-corrected chi connectivity index (χ4v) is 2.97. The van der Waals surface area contributed by atoms with Gasteiger partial charge in [0.15, 0.2) is 5.76 Å². The highest BCUT2D eigenvalue weighted by molar-refractivity contribution is 5.80. The number of nitrogens with zero attached hydrogens (tertiary/aromatic N) is 2. The van der Waals surface area contributed by atoms with Crippen LogP contribution in [0.1, 0.15) is 70.4 Å². The van der Waals surface area contributed by atoms with Crippen molar-refractivity contribution in [1.82, 2.24) is 5.43 Å². The number of phenols is 1. The number of hydrogen-bond donors (Lipinski definition) is 2. The van der Waals surface area contributed by atoms with Crippen LogP contribution in [0.5, 0.6) is 5.75 Å². The highest BCUT2D eigenvalue weighted by Gasteiger charge is 2.26. The van der Waals surface area contributed by atoms with Crippen LogP contribution in [0, 0.1) is 10.1 Å². The SMILES string of the molecule is CC(C)(C)c1cc(CCC(=O)NN=Cc2ccc([N+](=O)[O-])o2)cc(C(C)(C)C)c1O. The summed E-state index contributed by atoms with van der Waals surface area (Å²) in [6.07, 6.45) is 1.90. The predicted octanol–water partition coefficient (Wildman–Crippen LogP) is 4.57. The Morgan fingerprint density at radius 2 is 1.73 bits per heavy atom. The zero-order chi connectivity index (χ0) is 22.7. The number of hydrazone groups is 1. The van der Waals surface area contributed by atoms with E-state index in [0.29, 0.717) is 12.2 Å². The first-order valence-electron chi connectivity index (χ1n) is 9.72. The van der Waals surface area contributed by atoms with Crippen molar-refractivity contribution in [1.29, 1.82) is 0 Å². The van der Waals surface area contributed by atoms with E-state index >= 15 is 0 Å². The molecule has 0 atom stereocenters. The van der Waals surface area contributed by atoms with E-state index in [9.17, 15) is 20.0 Å². The van der Waals surface area contributed by atoms with E-state index in [2.05, 4.69) is 10.5 Å². The van der Waals surface area contributed by atoms with Crippen molar-refractivity contribution in [3.8, 4) is 5.75 Å². The van der Waals surface area contributed by atoms with E-state index in [1.165, 1.54) is 18.3 Å². The van der Waals surface area contributed by atoms with Crippen LogP contribution in [0.2, 0.25) is 0 Å². The molecule has 0 aliphatic carbocycles. The largest absolute Gasteiger partial charge is 0.507 e. The molecule has 0 saturated heterocycles. The Kier molecular flexibility index (Phi) is 6.70. The summed E-state index contributed by atoms with van der Waals surface area (Å²) in [5.41, 5.74) is 4.58. The van der Waals surface area contributed by atoms with Crippen molar-refractivity contribution >= 4 is 18.0 Å². The molecule has 2 rings (SSSR count). The van der Waals surface area contributed by atoms with Crippen LogP contribution in [-0.4, -0.2) is 22.2 Å². The fraction of sp³-hybridized carbons (Fsp3) is 0.455. The molecule has 0 unspecified atom stereocenters. The van der Waals surface area contributed by atoms with Gasteiger partial charge in [0, 0.05) is 6.42 Å². The number of carbonyl (C=O) groups excluding carboxylic acids is 1. The van der Waals surface area contributed by atoms with E-state index in [1.807, 2.05) is 53.7 Å². The molecule has 0 bridgehead atoms. The third kappa shape index (κ3) is 5.92. The highest BCUT2D eigenvalue weighted by atomic mass is 16.6. The van der Waals surface area contributed by atoms with Gasteiger partial charge >= 0.3 is 5.88 Å². The van der Waals surface area contributed by atoms with Crippen LogP contribution in [0.4, 0.5) is 5.88 Å². The number of phenolic OH excluding ortho intramolecular Hbond substituents is 1. The lowest BCUT2D eigenvalue weighted by atomic mass is 9.78. The zero-order valence-corrected chi connectivity index (χ0v) is 18.3. The quantitative estimate of drug-likeness (QED) is 0.407. The molecule has 1 heterocycles. The van der Waals surface area contributed by atoms with Crippen LogP contribution in [0.25, 0.3) is 0 Å². The standard InChI is InChI=1S/C22H29N3O5/c1-21(2,3)16-11-14(12-17(20(16)27)22(4,5)6)7-9-18(26)24-23-13-15-8-10-19(30-15)25(28)29/h8,10-13,27H,7,9H2,1-6H3,(H,24,26). The summed E-state index contributed by atoms with van der Waals surface area (Å²) in [6, 6.07) is 6.51. The Hall–Kier alpha value is -3.16. The maximum absolute atomic E-state index is 12.1. The van der Waals surface area contributed by atoms with Gasteiger partial charge in [0.1, 0.15) is 10.7 Å². The summed E-state index contributed by atoms with van der Waals surface area (Å²) >= 11 is 0. The average molecular weight is 415 g/mol. The highest BCUT2D eigenvalue weighted by Crippen LogP contribution is 2.39. The van der Waals surface area contributed by atoms with Gasteiger partial charge in [-0.2, -0.15) is 5.10 Å². The Morgan fingerprint density at radius 3 is 2.20 bits per heavy atom. The molecule has 0 spiro atoms. The number of nitro groups is 1. The topological polar surface area (TPSA) is 118 Å². The van der Waals surface area contributed by atoms with E-state index < -0.39 is 4.92 Å². The first-order chi connectivity index (χ1) is 13.8. The number of aryl methyl sites for hydroxylation is 1. The van der Waals surface area contributed by atoms with Crippen LogP contribution in [0.3, 0.4) is 0 Å². The molecule has 1 aromatic heterocycles. The second-order valence-electron chi connectivity index (χ2n) is 9.27. The third-order valence-corrected chi connectivity index (χ3v) is 4.60. The number of rotatable bonds is 6. The van der Waals surface area contributed by atoms with Gasteiger partial charge in [-0.15, -0.1) is 0 Å². The summed E-state index contributed by atoms with van der Waals surface area (Å²) in [4.78, 5) is 22.1. The molecule has 1 aromatic carbocycles. The summed E-state index contributed by atoms with van der Waals surface area (Å²) in [5, 5.41) is 25.1. The number of carbonyl (C=O) groups is 1. The normalized spacial score (nSPS) is 12.3. The minimum atomic E-state index is -0.648. The average Bonchev–Trinajstić information content (AvgIpc) is 3.08. The number of furan rings is 1. The van der Waals surface area contributed by atoms with Crippen LogP contribution in [-0.2, 0) is 22.0 Å². The number of amides is 1. The number of aromatic hydroxyl groups is 1. The molecule has 8 heteroatoms. The summed E-state index contributed by atoms with van der Waals surface area (Å²) < 4.78 is 4.93. The van der Waals surface area contributed by atoms with E-state index in [4.69, 9.17) is 4.42 Å². The summed E-state index contributed by atoms with van der Waals surface area (Å²) in [6.45, 7) is 12.2. The molecule has 0 saturated carbocycles. The molecule has 162 valence electrons. The molecule has 0 aliphatic rings. The maximum Gasteiger partial charge on any atom is 0.433 e. The molecule has 2 N–H and O–H groups in total. The summed E-state index contributed by atoms with van der Waals surface area (Å²) in [7, 11) is 0. The number of nitrogens with one attached hydrogen (secondary N) is 1. The van der Waals surface area contributed by atoms with Crippen molar-refractivity contribution in [3.05, 3.63) is 56.8 Å². The number of benzene rings is 1. The molecule has 0 fully saturated rings. The molecule has 2 aromatic rings. The van der Waals surface area contributed by atoms with Crippen molar-refractivity contribution in [2.24, 2.45) is 5.10 Å². The number of hydrogen-bond acceptors (Lipinski definition) is 6. The van der Waals surface area contributed by atoms with Gasteiger partial charge in [-0.3, -0.25) is 14.9 Å². The van der Waals surface area contributed by atoms with Crippen LogP contribution >= 0.6 is 0 Å². The lowest BCUT2D eigenvalue weighted by Crippen LogP contribution is -2.20. The van der Waals surface area contributed by atoms with Gasteiger partial charge in [-0.05, 0) is 40.0 Å². The lowest BCUT2D eigenvalue weighted by molar-refractivity contribution is -0.402. The molecule has 8 nitrogen and oxygen atoms in total. The zero-order valence-electron chi connectivity index (χ0n) is 18.3. The second kappa shape index (κ2) is 8.69. The molecule has 1 amide bonds. The van der Waals surface area contributed by atoms with Gasteiger partial charge in [0.25, 0.3) is 0 Å². The Morgan fingerprint density at radius 1 is 1.17 bits per heavy atom. The van der Waals surface area contributed by atoms with Gasteiger partial charge in [-0.1, -0.05) is 53.7 Å². The fourth-order valence-electron chi connectivity index (χ4n) is 2.97. The first kappa shape index (κ1) is 23.1. The molecule has 0 aliphatic heterocycles. The first-order valence-corrected chi connectivity index (χ1v) is 9.72. The van der Waals surface area contributed by atoms with Crippen LogP contribution < -0.4 is 5.43 Å². The van der Waals surface area contributed by atoms with Gasteiger partial charge < -0.3 is 9.52 Å². The van der Waals surface area contributed by atoms with Crippen molar-refractivity contribution < 1.29 is 19.2 Å². The van der Waals surface area contributed by atoms with E-state index in [1.54, 1.807) is 0 Å². The Labute approximate surface area is 176 Å². The van der Waals surface area contributed by atoms with Gasteiger partial charge in [0.2, 0.25) is 5.91 Å². The maximum atomic E-state index is 12.1. The molecular weight excluding hydrogens is 386 g/mol. The minimum Gasteiger partial charge on any atom is -0.507 e. The van der Waals surface area contributed by atoms with Crippen molar-refractivity contribution in [3.63, 3.8) is 0 Å². The monoisotopic (exact) mass is 415 g/mol. The third-order valence-electron chi connectivity index (χ3n) is 4.60. The van der Waals surface area contributed by atoms with E-state index in [0.717, 1.165) is 16.7 Å². The smallest absolute Gasteiger partial charge is 0.433 e. The second-order valence-corrected chi connectivity index (χ2v) is 9.27. The minimum absolute atomic E-state index is 0.171. The Balaban J connectivity index is 2.07. The Bertz CT molecular complexity index is 927. The van der Waals surface area contributed by atoms with Crippen molar-refractivity contribution in [2.75, 3.05) is 0 Å².